The van der Waals surface area contributed by atoms with Crippen molar-refractivity contribution in [1.82, 2.24) is 5.43 Å². The van der Waals surface area contributed by atoms with Gasteiger partial charge in [-0.15, -0.1) is 0 Å². The van der Waals surface area contributed by atoms with Crippen LogP contribution in [0, 0.1) is 6.92 Å². The van der Waals surface area contributed by atoms with Crippen LogP contribution in [0.3, 0.4) is 0 Å². The van der Waals surface area contributed by atoms with Crippen molar-refractivity contribution < 1.29 is 14.3 Å². The summed E-state index contributed by atoms with van der Waals surface area (Å²) in [5.74, 6) is 0.838. The molecule has 0 saturated carbocycles. The van der Waals surface area contributed by atoms with Crippen molar-refractivity contribution in [2.45, 2.75) is 6.92 Å². The molecule has 3 rings (SSSR count). The fourth-order valence-corrected chi connectivity index (χ4v) is 2.73. The zero-order valence-electron chi connectivity index (χ0n) is 16.6. The van der Waals surface area contributed by atoms with E-state index in [0.717, 1.165) is 22.6 Å². The molecule has 0 radical (unpaired) electrons. The number of hydrogen-bond donors (Lipinski definition) is 2. The van der Waals surface area contributed by atoms with E-state index < -0.39 is 5.97 Å². The normalized spacial score (nSPS) is 10.5. The van der Waals surface area contributed by atoms with Crippen LogP contribution < -0.4 is 20.2 Å². The van der Waals surface area contributed by atoms with E-state index in [1.807, 2.05) is 43.3 Å². The van der Waals surface area contributed by atoms with Gasteiger partial charge >= 0.3 is 5.97 Å². The van der Waals surface area contributed by atoms with Crippen molar-refractivity contribution in [3.8, 4) is 11.5 Å². The number of esters is 1. The van der Waals surface area contributed by atoms with Crippen molar-refractivity contribution in [3.05, 3.63) is 89.5 Å². The third-order valence-corrected chi connectivity index (χ3v) is 4.27. The number of carbonyl (C=O) groups is 1. The summed E-state index contributed by atoms with van der Waals surface area (Å²) < 4.78 is 10.5. The van der Waals surface area contributed by atoms with Gasteiger partial charge in [-0.25, -0.2) is 4.79 Å². The molecular formula is C23H21N3O3S. The van der Waals surface area contributed by atoms with E-state index in [-0.39, 0.29) is 0 Å². The summed E-state index contributed by atoms with van der Waals surface area (Å²) in [7, 11) is 1.62. The summed E-state index contributed by atoms with van der Waals surface area (Å²) in [6.45, 7) is 1.93. The second kappa shape index (κ2) is 10.2. The van der Waals surface area contributed by atoms with Crippen molar-refractivity contribution in [3.63, 3.8) is 0 Å². The lowest BCUT2D eigenvalue weighted by Crippen LogP contribution is -2.23. The highest BCUT2D eigenvalue weighted by Gasteiger charge is 2.08. The SMILES string of the molecule is COc1ccc(NC(=S)N/N=C\c2ccc(OC(=O)c3cccc(C)c3)cc2)cc1. The molecule has 0 unspecified atom stereocenters. The summed E-state index contributed by atoms with van der Waals surface area (Å²) in [5.41, 5.74) is 5.92. The number of benzene rings is 3. The molecule has 0 aliphatic carbocycles. The first-order valence-electron chi connectivity index (χ1n) is 9.16. The maximum absolute atomic E-state index is 12.2. The van der Waals surface area contributed by atoms with Crippen LogP contribution in [0.25, 0.3) is 0 Å². The summed E-state index contributed by atoms with van der Waals surface area (Å²) in [5, 5.41) is 7.49. The molecule has 0 aliphatic heterocycles. The van der Waals surface area contributed by atoms with E-state index in [1.54, 1.807) is 49.7 Å². The molecule has 0 atom stereocenters. The smallest absolute Gasteiger partial charge is 0.343 e. The average Bonchev–Trinajstić information content (AvgIpc) is 2.75. The molecule has 3 aromatic rings. The first kappa shape index (κ1) is 21.0. The number of ether oxygens (including phenoxy) is 2. The first-order valence-corrected chi connectivity index (χ1v) is 9.57. The van der Waals surface area contributed by atoms with Gasteiger partial charge in [-0.1, -0.05) is 17.7 Å². The largest absolute Gasteiger partial charge is 0.497 e. The van der Waals surface area contributed by atoms with Crippen LogP contribution in [0.1, 0.15) is 21.5 Å². The average molecular weight is 420 g/mol. The van der Waals surface area contributed by atoms with E-state index >= 15 is 0 Å². The molecule has 0 aromatic heterocycles. The van der Waals surface area contributed by atoms with Crippen LogP contribution in [-0.4, -0.2) is 24.4 Å². The molecule has 0 amide bonds. The molecule has 3 aromatic carbocycles. The van der Waals surface area contributed by atoms with Crippen molar-refractivity contribution >= 4 is 35.2 Å². The van der Waals surface area contributed by atoms with E-state index in [1.165, 1.54) is 0 Å². The molecule has 0 saturated heterocycles. The van der Waals surface area contributed by atoms with Gasteiger partial charge in [0, 0.05) is 5.69 Å². The van der Waals surface area contributed by atoms with Crippen molar-refractivity contribution in [2.75, 3.05) is 12.4 Å². The lowest BCUT2D eigenvalue weighted by molar-refractivity contribution is 0.0734. The number of nitrogens with zero attached hydrogens (tertiary/aromatic N) is 1. The Kier molecular flexibility index (Phi) is 7.13. The second-order valence-electron chi connectivity index (χ2n) is 6.38. The van der Waals surface area contributed by atoms with Gasteiger partial charge in [0.15, 0.2) is 5.11 Å². The fraction of sp³-hybridized carbons (Fsp3) is 0.0870. The number of carbonyl (C=O) groups excluding carboxylic acids is 1. The molecule has 0 bridgehead atoms. The predicted octanol–water partition coefficient (Wildman–Crippen LogP) is 4.54. The van der Waals surface area contributed by atoms with Gasteiger partial charge in [0.05, 0.1) is 18.9 Å². The van der Waals surface area contributed by atoms with Gasteiger partial charge in [-0.05, 0) is 85.4 Å². The Balaban J connectivity index is 1.50. The van der Waals surface area contributed by atoms with E-state index in [0.29, 0.717) is 16.4 Å². The summed E-state index contributed by atoms with van der Waals surface area (Å²) in [6, 6.07) is 21.7. The Hall–Kier alpha value is -3.71. The van der Waals surface area contributed by atoms with Gasteiger partial charge in [-0.3, -0.25) is 5.43 Å². The van der Waals surface area contributed by atoms with E-state index in [2.05, 4.69) is 15.8 Å². The number of nitrogens with one attached hydrogen (secondary N) is 2. The lowest BCUT2D eigenvalue weighted by Gasteiger charge is -2.07. The fourth-order valence-electron chi connectivity index (χ4n) is 2.56. The van der Waals surface area contributed by atoms with Gasteiger partial charge in [0.2, 0.25) is 0 Å². The summed E-state index contributed by atoms with van der Waals surface area (Å²) in [6.07, 6.45) is 1.62. The third kappa shape index (κ3) is 6.15. The minimum atomic E-state index is -0.392. The number of anilines is 1. The zero-order valence-corrected chi connectivity index (χ0v) is 17.4. The predicted molar refractivity (Wildman–Crippen MR) is 123 cm³/mol. The lowest BCUT2D eigenvalue weighted by atomic mass is 10.1. The number of hydrogen-bond acceptors (Lipinski definition) is 5. The monoisotopic (exact) mass is 419 g/mol. The third-order valence-electron chi connectivity index (χ3n) is 4.07. The van der Waals surface area contributed by atoms with E-state index in [4.69, 9.17) is 21.7 Å². The zero-order chi connectivity index (χ0) is 21.3. The highest BCUT2D eigenvalue weighted by molar-refractivity contribution is 7.80. The Labute approximate surface area is 180 Å². The standard InChI is InChI=1S/C23H21N3O3S/c1-16-4-3-5-18(14-16)22(27)29-21-10-6-17(7-11-21)15-24-26-23(30)25-19-8-12-20(28-2)13-9-19/h3-15H,1-2H3,(H2,25,26,30)/b24-15-. The molecular weight excluding hydrogens is 398 g/mol. The molecule has 0 heterocycles. The molecule has 0 aliphatic rings. The summed E-state index contributed by atoms with van der Waals surface area (Å²) in [4.78, 5) is 12.2. The molecule has 7 heteroatoms. The molecule has 30 heavy (non-hydrogen) atoms. The van der Waals surface area contributed by atoms with Crippen LogP contribution in [0.4, 0.5) is 5.69 Å². The number of hydrazone groups is 1. The van der Waals surface area contributed by atoms with E-state index in [9.17, 15) is 4.79 Å². The highest BCUT2D eigenvalue weighted by atomic mass is 32.1. The molecule has 2 N–H and O–H groups in total. The number of aryl methyl sites for hydroxylation is 1. The van der Waals surface area contributed by atoms with Gasteiger partial charge in [0.1, 0.15) is 11.5 Å². The van der Waals surface area contributed by atoms with Crippen LogP contribution in [0.5, 0.6) is 11.5 Å². The maximum Gasteiger partial charge on any atom is 0.343 e. The summed E-state index contributed by atoms with van der Waals surface area (Å²) >= 11 is 5.21. The molecule has 152 valence electrons. The maximum atomic E-state index is 12.2. The molecule has 0 spiro atoms. The Morgan fingerprint density at radius 1 is 1.00 bits per heavy atom. The molecule has 6 nitrogen and oxygen atoms in total. The van der Waals surface area contributed by atoms with Gasteiger partial charge in [0.25, 0.3) is 0 Å². The topological polar surface area (TPSA) is 71.9 Å². The van der Waals surface area contributed by atoms with Crippen LogP contribution in [0.15, 0.2) is 77.9 Å². The van der Waals surface area contributed by atoms with Crippen LogP contribution in [0.2, 0.25) is 0 Å². The van der Waals surface area contributed by atoms with Crippen molar-refractivity contribution in [1.29, 1.82) is 0 Å². The quantitative estimate of drug-likeness (QED) is 0.201. The van der Waals surface area contributed by atoms with Gasteiger partial charge < -0.3 is 14.8 Å². The van der Waals surface area contributed by atoms with Gasteiger partial charge in [-0.2, -0.15) is 5.10 Å². The Bertz CT molecular complexity index is 1050. The molecule has 0 fully saturated rings. The van der Waals surface area contributed by atoms with Crippen LogP contribution in [-0.2, 0) is 0 Å². The minimum absolute atomic E-state index is 0.361. The number of rotatable bonds is 6. The number of thiocarbonyl (C=S) groups is 1. The van der Waals surface area contributed by atoms with Crippen LogP contribution >= 0.6 is 12.2 Å². The highest BCUT2D eigenvalue weighted by Crippen LogP contribution is 2.15. The van der Waals surface area contributed by atoms with Crippen molar-refractivity contribution in [2.24, 2.45) is 5.10 Å². The second-order valence-corrected chi connectivity index (χ2v) is 6.79. The first-order chi connectivity index (χ1) is 14.5. The number of methoxy groups -OCH3 is 1. The minimum Gasteiger partial charge on any atom is -0.497 e. The Morgan fingerprint density at radius 2 is 1.70 bits per heavy atom. The Morgan fingerprint density at radius 3 is 2.37 bits per heavy atom.